The summed E-state index contributed by atoms with van der Waals surface area (Å²) < 4.78 is 5.65. The van der Waals surface area contributed by atoms with Gasteiger partial charge in [-0.25, -0.2) is 0 Å². The molecule has 0 spiro atoms. The Labute approximate surface area is 102 Å². The predicted octanol–water partition coefficient (Wildman–Crippen LogP) is 3.13. The minimum absolute atomic E-state index is 0.572. The third kappa shape index (κ3) is 3.25. The van der Waals surface area contributed by atoms with Gasteiger partial charge in [0.15, 0.2) is 0 Å². The SMILES string of the molecule is CN(C)c1cccc(COc2[c]cccc2)c1. The third-order valence-electron chi connectivity index (χ3n) is 2.50. The lowest BCUT2D eigenvalue weighted by molar-refractivity contribution is 0.305. The number of para-hydroxylation sites is 1. The summed E-state index contributed by atoms with van der Waals surface area (Å²) >= 11 is 0. The van der Waals surface area contributed by atoms with E-state index in [4.69, 9.17) is 4.74 Å². The molecule has 2 aromatic carbocycles. The van der Waals surface area contributed by atoms with Crippen LogP contribution in [0.2, 0.25) is 0 Å². The quantitative estimate of drug-likeness (QED) is 0.794. The molecule has 0 unspecified atom stereocenters. The summed E-state index contributed by atoms with van der Waals surface area (Å²) in [6, 6.07) is 19.0. The molecule has 17 heavy (non-hydrogen) atoms. The molecule has 0 aliphatic rings. The number of rotatable bonds is 4. The monoisotopic (exact) mass is 226 g/mol. The summed E-state index contributed by atoms with van der Waals surface area (Å²) in [5, 5.41) is 0. The number of hydrogen-bond acceptors (Lipinski definition) is 2. The number of ether oxygens (including phenoxy) is 1. The predicted molar refractivity (Wildman–Crippen MR) is 70.4 cm³/mol. The van der Waals surface area contributed by atoms with Crippen LogP contribution in [0, 0.1) is 6.07 Å². The topological polar surface area (TPSA) is 12.5 Å². The maximum Gasteiger partial charge on any atom is 0.127 e. The van der Waals surface area contributed by atoms with Crippen molar-refractivity contribution in [3.05, 3.63) is 60.2 Å². The van der Waals surface area contributed by atoms with E-state index in [1.54, 1.807) is 0 Å². The highest BCUT2D eigenvalue weighted by Gasteiger charge is 1.99. The highest BCUT2D eigenvalue weighted by atomic mass is 16.5. The van der Waals surface area contributed by atoms with Crippen molar-refractivity contribution in [2.24, 2.45) is 0 Å². The van der Waals surface area contributed by atoms with Gasteiger partial charge in [0.25, 0.3) is 0 Å². The molecule has 2 nitrogen and oxygen atoms in total. The molecule has 0 N–H and O–H groups in total. The molecule has 0 aliphatic carbocycles. The first-order chi connectivity index (χ1) is 8.25. The molecule has 0 amide bonds. The van der Waals surface area contributed by atoms with Crippen LogP contribution in [0.5, 0.6) is 5.75 Å². The molecule has 2 rings (SSSR count). The van der Waals surface area contributed by atoms with Crippen LogP contribution < -0.4 is 9.64 Å². The Hall–Kier alpha value is -1.96. The van der Waals surface area contributed by atoms with Crippen LogP contribution in [0.15, 0.2) is 48.5 Å². The molecule has 0 atom stereocenters. The summed E-state index contributed by atoms with van der Waals surface area (Å²) in [4.78, 5) is 2.08. The van der Waals surface area contributed by atoms with E-state index in [1.807, 2.05) is 44.4 Å². The van der Waals surface area contributed by atoms with E-state index in [0.717, 1.165) is 11.3 Å². The van der Waals surface area contributed by atoms with Gasteiger partial charge >= 0.3 is 0 Å². The van der Waals surface area contributed by atoms with Gasteiger partial charge in [-0.05, 0) is 23.8 Å². The lowest BCUT2D eigenvalue weighted by atomic mass is 10.2. The summed E-state index contributed by atoms with van der Waals surface area (Å²) in [5.74, 6) is 0.780. The summed E-state index contributed by atoms with van der Waals surface area (Å²) in [7, 11) is 4.07. The van der Waals surface area contributed by atoms with Gasteiger partial charge in [-0.1, -0.05) is 30.3 Å². The van der Waals surface area contributed by atoms with Crippen molar-refractivity contribution in [2.75, 3.05) is 19.0 Å². The first-order valence-electron chi connectivity index (χ1n) is 5.61. The van der Waals surface area contributed by atoms with Crippen LogP contribution in [0.25, 0.3) is 0 Å². The van der Waals surface area contributed by atoms with Crippen molar-refractivity contribution in [2.45, 2.75) is 6.61 Å². The highest BCUT2D eigenvalue weighted by Crippen LogP contribution is 2.16. The van der Waals surface area contributed by atoms with E-state index in [1.165, 1.54) is 5.69 Å². The third-order valence-corrected chi connectivity index (χ3v) is 2.50. The maximum absolute atomic E-state index is 5.65. The van der Waals surface area contributed by atoms with Gasteiger partial charge in [-0.15, -0.1) is 0 Å². The largest absolute Gasteiger partial charge is 0.488 e. The average molecular weight is 226 g/mol. The zero-order valence-corrected chi connectivity index (χ0v) is 10.2. The van der Waals surface area contributed by atoms with Gasteiger partial charge in [-0.3, -0.25) is 0 Å². The second kappa shape index (κ2) is 5.39. The fraction of sp³-hybridized carbons (Fsp3) is 0.200. The molecule has 0 saturated heterocycles. The Balaban J connectivity index is 2.02. The molecular formula is C15H16NO. The number of anilines is 1. The van der Waals surface area contributed by atoms with E-state index in [9.17, 15) is 0 Å². The van der Waals surface area contributed by atoms with Gasteiger partial charge < -0.3 is 9.64 Å². The van der Waals surface area contributed by atoms with E-state index in [2.05, 4.69) is 29.2 Å². The number of benzene rings is 2. The fourth-order valence-electron chi connectivity index (χ4n) is 1.55. The van der Waals surface area contributed by atoms with Gasteiger partial charge in [0.05, 0.1) is 0 Å². The lowest BCUT2D eigenvalue weighted by Crippen LogP contribution is -2.09. The van der Waals surface area contributed by atoms with Crippen LogP contribution in [0.1, 0.15) is 5.56 Å². The second-order valence-corrected chi connectivity index (χ2v) is 4.08. The van der Waals surface area contributed by atoms with Crippen LogP contribution in [-0.4, -0.2) is 14.1 Å². The lowest BCUT2D eigenvalue weighted by Gasteiger charge is -2.13. The van der Waals surface area contributed by atoms with E-state index in [-0.39, 0.29) is 0 Å². The average Bonchev–Trinajstić information content (AvgIpc) is 2.38. The van der Waals surface area contributed by atoms with E-state index in [0.29, 0.717) is 6.61 Å². The van der Waals surface area contributed by atoms with Crippen molar-refractivity contribution in [1.29, 1.82) is 0 Å². The Morgan fingerprint density at radius 1 is 1.12 bits per heavy atom. The Morgan fingerprint density at radius 2 is 2.00 bits per heavy atom. The normalized spacial score (nSPS) is 10.0. The number of hydrogen-bond donors (Lipinski definition) is 0. The van der Waals surface area contributed by atoms with Crippen LogP contribution in [0.4, 0.5) is 5.69 Å². The van der Waals surface area contributed by atoms with Crippen molar-refractivity contribution in [1.82, 2.24) is 0 Å². The maximum atomic E-state index is 5.65. The molecule has 1 radical (unpaired) electrons. The Bertz CT molecular complexity index is 465. The molecule has 2 heteroatoms. The minimum atomic E-state index is 0.572. The molecule has 87 valence electrons. The minimum Gasteiger partial charge on any atom is -0.488 e. The summed E-state index contributed by atoms with van der Waals surface area (Å²) in [6.07, 6.45) is 0. The molecule has 2 aromatic rings. The molecule has 0 bridgehead atoms. The van der Waals surface area contributed by atoms with Crippen LogP contribution in [0.3, 0.4) is 0 Å². The summed E-state index contributed by atoms with van der Waals surface area (Å²) in [5.41, 5.74) is 2.34. The molecule has 0 fully saturated rings. The number of nitrogens with zero attached hydrogens (tertiary/aromatic N) is 1. The molecule has 0 aliphatic heterocycles. The molecular weight excluding hydrogens is 210 g/mol. The Morgan fingerprint density at radius 3 is 2.71 bits per heavy atom. The van der Waals surface area contributed by atoms with Crippen LogP contribution >= 0.6 is 0 Å². The standard InChI is InChI=1S/C15H16NO/c1-16(2)14-8-6-7-13(11-14)12-17-15-9-4-3-5-10-15/h3-9,11H,12H2,1-2H3. The summed E-state index contributed by atoms with van der Waals surface area (Å²) in [6.45, 7) is 0.572. The van der Waals surface area contributed by atoms with E-state index >= 15 is 0 Å². The zero-order chi connectivity index (χ0) is 12.1. The second-order valence-electron chi connectivity index (χ2n) is 4.08. The molecule has 0 heterocycles. The van der Waals surface area contributed by atoms with Gasteiger partial charge in [0.1, 0.15) is 12.4 Å². The fourth-order valence-corrected chi connectivity index (χ4v) is 1.55. The smallest absolute Gasteiger partial charge is 0.127 e. The molecule has 0 saturated carbocycles. The van der Waals surface area contributed by atoms with Gasteiger partial charge in [0.2, 0.25) is 0 Å². The van der Waals surface area contributed by atoms with Crippen molar-refractivity contribution >= 4 is 5.69 Å². The van der Waals surface area contributed by atoms with Gasteiger partial charge in [-0.2, -0.15) is 0 Å². The first-order valence-corrected chi connectivity index (χ1v) is 5.61. The van der Waals surface area contributed by atoms with Crippen molar-refractivity contribution in [3.8, 4) is 5.75 Å². The first kappa shape index (κ1) is 11.5. The van der Waals surface area contributed by atoms with Crippen molar-refractivity contribution in [3.63, 3.8) is 0 Å². The van der Waals surface area contributed by atoms with Crippen molar-refractivity contribution < 1.29 is 4.74 Å². The zero-order valence-electron chi connectivity index (χ0n) is 10.2. The van der Waals surface area contributed by atoms with E-state index < -0.39 is 0 Å². The highest BCUT2D eigenvalue weighted by molar-refractivity contribution is 5.47. The van der Waals surface area contributed by atoms with Gasteiger partial charge in [0, 0.05) is 25.8 Å². The van der Waals surface area contributed by atoms with Crippen LogP contribution in [-0.2, 0) is 6.61 Å². The molecule has 0 aromatic heterocycles. The Kier molecular flexibility index (Phi) is 3.66.